The zero-order chi connectivity index (χ0) is 12.4. The molecule has 0 spiro atoms. The number of aromatic amines is 1. The van der Waals surface area contributed by atoms with Gasteiger partial charge in [-0.2, -0.15) is 5.10 Å². The third kappa shape index (κ3) is 2.25. The van der Waals surface area contributed by atoms with E-state index in [1.165, 1.54) is 0 Å². The van der Waals surface area contributed by atoms with Crippen molar-refractivity contribution in [3.8, 4) is 16.9 Å². The molecule has 90 valence electrons. The van der Waals surface area contributed by atoms with Crippen molar-refractivity contribution >= 4 is 5.82 Å². The number of rotatable bonds is 3. The Morgan fingerprint density at radius 2 is 2.12 bits per heavy atom. The fraction of sp³-hybridized carbons (Fsp3) is 0.308. The van der Waals surface area contributed by atoms with Gasteiger partial charge in [0.2, 0.25) is 0 Å². The molecule has 4 heteroatoms. The van der Waals surface area contributed by atoms with Gasteiger partial charge in [-0.3, -0.25) is 5.10 Å². The molecular formula is C13H17N3O. The van der Waals surface area contributed by atoms with Crippen molar-refractivity contribution in [1.29, 1.82) is 0 Å². The highest BCUT2D eigenvalue weighted by Crippen LogP contribution is 2.35. The normalized spacial score (nSPS) is 10.8. The second-order valence-electron chi connectivity index (χ2n) is 4.31. The van der Waals surface area contributed by atoms with Gasteiger partial charge in [-0.25, -0.2) is 0 Å². The Balaban J connectivity index is 2.55. The summed E-state index contributed by atoms with van der Waals surface area (Å²) >= 11 is 0. The highest BCUT2D eigenvalue weighted by molar-refractivity contribution is 5.80. The van der Waals surface area contributed by atoms with Crippen LogP contribution >= 0.6 is 0 Å². The number of nitrogens with zero attached hydrogens (tertiary/aromatic N) is 1. The van der Waals surface area contributed by atoms with Gasteiger partial charge in [0.05, 0.1) is 12.3 Å². The Morgan fingerprint density at radius 1 is 1.35 bits per heavy atom. The van der Waals surface area contributed by atoms with E-state index in [0.29, 0.717) is 5.82 Å². The first-order valence-corrected chi connectivity index (χ1v) is 5.65. The van der Waals surface area contributed by atoms with E-state index in [4.69, 9.17) is 10.5 Å². The van der Waals surface area contributed by atoms with E-state index < -0.39 is 0 Å². The molecular weight excluding hydrogens is 214 g/mol. The first kappa shape index (κ1) is 11.5. The molecule has 0 aliphatic heterocycles. The molecule has 2 rings (SSSR count). The van der Waals surface area contributed by atoms with Gasteiger partial charge in [-0.15, -0.1) is 0 Å². The Morgan fingerprint density at radius 3 is 2.71 bits per heavy atom. The maximum Gasteiger partial charge on any atom is 0.127 e. The van der Waals surface area contributed by atoms with Crippen molar-refractivity contribution < 1.29 is 4.74 Å². The number of anilines is 1. The molecule has 0 aliphatic carbocycles. The number of nitrogens with one attached hydrogen (secondary N) is 1. The predicted molar refractivity (Wildman–Crippen MR) is 68.9 cm³/mol. The molecule has 0 unspecified atom stereocenters. The summed E-state index contributed by atoms with van der Waals surface area (Å²) in [6.45, 7) is 6.05. The van der Waals surface area contributed by atoms with E-state index in [1.807, 2.05) is 39.0 Å². The number of ether oxygens (including phenoxy) is 1. The Kier molecular flexibility index (Phi) is 3.04. The number of hydrogen-bond acceptors (Lipinski definition) is 3. The van der Waals surface area contributed by atoms with Crippen molar-refractivity contribution in [2.45, 2.75) is 26.9 Å². The van der Waals surface area contributed by atoms with Crippen molar-refractivity contribution in [1.82, 2.24) is 10.2 Å². The molecule has 0 fully saturated rings. The molecule has 1 heterocycles. The number of nitrogen functional groups attached to an aromatic ring is 1. The fourth-order valence-corrected chi connectivity index (χ4v) is 1.83. The van der Waals surface area contributed by atoms with Crippen LogP contribution in [0.2, 0.25) is 0 Å². The summed E-state index contributed by atoms with van der Waals surface area (Å²) < 4.78 is 5.81. The molecule has 0 amide bonds. The minimum atomic E-state index is 0.128. The summed E-state index contributed by atoms with van der Waals surface area (Å²) in [6, 6.07) is 5.97. The summed E-state index contributed by atoms with van der Waals surface area (Å²) in [5.41, 5.74) is 8.88. The molecule has 1 aromatic carbocycles. The van der Waals surface area contributed by atoms with Gasteiger partial charge in [-0.1, -0.05) is 12.1 Å². The van der Waals surface area contributed by atoms with Crippen LogP contribution < -0.4 is 10.5 Å². The van der Waals surface area contributed by atoms with Crippen molar-refractivity contribution in [2.75, 3.05) is 5.73 Å². The lowest BCUT2D eigenvalue weighted by molar-refractivity contribution is 0.243. The quantitative estimate of drug-likeness (QED) is 0.853. The van der Waals surface area contributed by atoms with Crippen molar-refractivity contribution in [2.24, 2.45) is 0 Å². The molecule has 1 aromatic heterocycles. The minimum Gasteiger partial charge on any atom is -0.490 e. The summed E-state index contributed by atoms with van der Waals surface area (Å²) in [5, 5.41) is 6.70. The number of benzene rings is 1. The third-order valence-electron chi connectivity index (χ3n) is 2.54. The first-order valence-electron chi connectivity index (χ1n) is 5.65. The zero-order valence-electron chi connectivity index (χ0n) is 10.3. The van der Waals surface area contributed by atoms with Crippen molar-refractivity contribution in [3.05, 3.63) is 30.0 Å². The second kappa shape index (κ2) is 4.49. The standard InChI is InChI=1S/C13H17N3O/c1-8(2)17-11-6-4-5-9(3)12(11)10-7-15-16-13(10)14/h4-8H,1-3H3,(H3,14,15,16). The molecule has 2 aromatic rings. The van der Waals surface area contributed by atoms with Crippen LogP contribution in [0.25, 0.3) is 11.1 Å². The molecule has 4 nitrogen and oxygen atoms in total. The smallest absolute Gasteiger partial charge is 0.127 e. The van der Waals surface area contributed by atoms with E-state index in [9.17, 15) is 0 Å². The lowest BCUT2D eigenvalue weighted by Gasteiger charge is -2.15. The maximum absolute atomic E-state index is 5.87. The molecule has 17 heavy (non-hydrogen) atoms. The average molecular weight is 231 g/mol. The van der Waals surface area contributed by atoms with E-state index in [0.717, 1.165) is 22.4 Å². The maximum atomic E-state index is 5.87. The fourth-order valence-electron chi connectivity index (χ4n) is 1.83. The molecule has 3 N–H and O–H groups in total. The Hall–Kier alpha value is -1.97. The monoisotopic (exact) mass is 231 g/mol. The molecule has 0 bridgehead atoms. The van der Waals surface area contributed by atoms with Gasteiger partial charge >= 0.3 is 0 Å². The van der Waals surface area contributed by atoms with E-state index in [1.54, 1.807) is 6.20 Å². The topological polar surface area (TPSA) is 63.9 Å². The number of aryl methyl sites for hydroxylation is 1. The summed E-state index contributed by atoms with van der Waals surface area (Å²) in [7, 11) is 0. The minimum absolute atomic E-state index is 0.128. The largest absolute Gasteiger partial charge is 0.490 e. The predicted octanol–water partition coefficient (Wildman–Crippen LogP) is 2.75. The number of aromatic nitrogens is 2. The van der Waals surface area contributed by atoms with Gasteiger partial charge in [0.1, 0.15) is 11.6 Å². The second-order valence-corrected chi connectivity index (χ2v) is 4.31. The molecule has 0 atom stereocenters. The average Bonchev–Trinajstić information content (AvgIpc) is 2.64. The van der Waals surface area contributed by atoms with Gasteiger partial charge in [0.25, 0.3) is 0 Å². The van der Waals surface area contributed by atoms with Crippen LogP contribution in [0.3, 0.4) is 0 Å². The van der Waals surface area contributed by atoms with Crippen LogP contribution in [0.4, 0.5) is 5.82 Å². The molecule has 0 radical (unpaired) electrons. The number of H-pyrrole nitrogens is 1. The number of hydrogen-bond donors (Lipinski definition) is 2. The van der Waals surface area contributed by atoms with E-state index in [-0.39, 0.29) is 6.10 Å². The van der Waals surface area contributed by atoms with Crippen molar-refractivity contribution in [3.63, 3.8) is 0 Å². The van der Waals surface area contributed by atoms with Gasteiger partial charge in [-0.05, 0) is 32.4 Å². The number of nitrogens with two attached hydrogens (primary N) is 1. The summed E-state index contributed by atoms with van der Waals surface area (Å²) in [6.07, 6.45) is 1.86. The zero-order valence-corrected chi connectivity index (χ0v) is 10.3. The van der Waals surface area contributed by atoms with E-state index >= 15 is 0 Å². The third-order valence-corrected chi connectivity index (χ3v) is 2.54. The van der Waals surface area contributed by atoms with Gasteiger partial charge in [0, 0.05) is 11.1 Å². The van der Waals surface area contributed by atoms with Crippen LogP contribution in [0.5, 0.6) is 5.75 Å². The van der Waals surface area contributed by atoms with Crippen LogP contribution in [-0.4, -0.2) is 16.3 Å². The van der Waals surface area contributed by atoms with E-state index in [2.05, 4.69) is 10.2 Å². The first-order chi connectivity index (χ1) is 8.09. The van der Waals surface area contributed by atoms with Crippen LogP contribution in [0, 0.1) is 6.92 Å². The Labute approximate surface area is 101 Å². The van der Waals surface area contributed by atoms with Crippen LogP contribution in [0.1, 0.15) is 19.4 Å². The SMILES string of the molecule is Cc1cccc(OC(C)C)c1-c1cn[nH]c1N. The highest BCUT2D eigenvalue weighted by atomic mass is 16.5. The molecule has 0 aliphatic rings. The lowest BCUT2D eigenvalue weighted by Crippen LogP contribution is -2.07. The highest BCUT2D eigenvalue weighted by Gasteiger charge is 2.14. The molecule has 0 saturated heterocycles. The lowest BCUT2D eigenvalue weighted by atomic mass is 10.0. The summed E-state index contributed by atoms with van der Waals surface area (Å²) in [4.78, 5) is 0. The van der Waals surface area contributed by atoms with Gasteiger partial charge in [0.15, 0.2) is 0 Å². The molecule has 0 saturated carbocycles. The van der Waals surface area contributed by atoms with Crippen LogP contribution in [-0.2, 0) is 0 Å². The van der Waals surface area contributed by atoms with Gasteiger partial charge < -0.3 is 10.5 Å². The summed E-state index contributed by atoms with van der Waals surface area (Å²) in [5.74, 6) is 1.40. The Bertz CT molecular complexity index is 517. The van der Waals surface area contributed by atoms with Crippen LogP contribution in [0.15, 0.2) is 24.4 Å².